The van der Waals surface area contributed by atoms with E-state index in [9.17, 15) is 10.2 Å². The van der Waals surface area contributed by atoms with Crippen molar-refractivity contribution in [1.82, 2.24) is 4.57 Å². The SMILES string of the molecule is CCn1c2ccccc2c2cc(/C=N/O[C@H]3CCCC[C@H]3O/N=C/c3ccc(O)c(O)c3)ccc21. The van der Waals surface area contributed by atoms with Crippen LogP contribution in [0, 0.1) is 0 Å². The first-order valence-electron chi connectivity index (χ1n) is 12.1. The maximum Gasteiger partial charge on any atom is 0.166 e. The highest BCUT2D eigenvalue weighted by Gasteiger charge is 2.29. The summed E-state index contributed by atoms with van der Waals surface area (Å²) in [5.41, 5.74) is 4.06. The first kappa shape index (κ1) is 22.8. The number of aromatic hydroxyl groups is 2. The molecule has 0 spiro atoms. The zero-order valence-corrected chi connectivity index (χ0v) is 19.7. The molecule has 0 radical (unpaired) electrons. The van der Waals surface area contributed by atoms with Crippen molar-refractivity contribution in [2.24, 2.45) is 10.3 Å². The molecular formula is C28H29N3O4. The van der Waals surface area contributed by atoms with Crippen molar-refractivity contribution < 1.29 is 19.9 Å². The van der Waals surface area contributed by atoms with Crippen molar-refractivity contribution >= 4 is 34.2 Å². The van der Waals surface area contributed by atoms with Gasteiger partial charge in [0.2, 0.25) is 0 Å². The molecule has 1 aromatic heterocycles. The summed E-state index contributed by atoms with van der Waals surface area (Å²) in [6, 6.07) is 19.3. The van der Waals surface area contributed by atoms with E-state index in [0.29, 0.717) is 5.56 Å². The van der Waals surface area contributed by atoms with Crippen molar-refractivity contribution in [3.8, 4) is 11.5 Å². The molecule has 2 atom stereocenters. The Hall–Kier alpha value is -4.00. The lowest BCUT2D eigenvalue weighted by atomic mass is 9.95. The summed E-state index contributed by atoms with van der Waals surface area (Å²) in [5, 5.41) is 29.9. The molecule has 2 N–H and O–H groups in total. The smallest absolute Gasteiger partial charge is 0.166 e. The summed E-state index contributed by atoms with van der Waals surface area (Å²) in [6.07, 6.45) is 6.66. The van der Waals surface area contributed by atoms with Gasteiger partial charge in [0, 0.05) is 28.4 Å². The molecule has 0 aliphatic heterocycles. The van der Waals surface area contributed by atoms with Gasteiger partial charge in [-0.3, -0.25) is 0 Å². The lowest BCUT2D eigenvalue weighted by molar-refractivity contribution is -0.0898. The van der Waals surface area contributed by atoms with E-state index in [4.69, 9.17) is 9.68 Å². The van der Waals surface area contributed by atoms with Crippen molar-refractivity contribution in [2.45, 2.75) is 51.4 Å². The van der Waals surface area contributed by atoms with Crippen LogP contribution >= 0.6 is 0 Å². The van der Waals surface area contributed by atoms with Crippen molar-refractivity contribution in [3.63, 3.8) is 0 Å². The van der Waals surface area contributed by atoms with Crippen LogP contribution in [0.1, 0.15) is 43.7 Å². The number of oxime groups is 2. The number of hydrogen-bond acceptors (Lipinski definition) is 6. The van der Waals surface area contributed by atoms with Crippen molar-refractivity contribution in [3.05, 3.63) is 71.8 Å². The third kappa shape index (κ3) is 4.80. The number of aromatic nitrogens is 1. The highest BCUT2D eigenvalue weighted by molar-refractivity contribution is 6.09. The predicted molar refractivity (Wildman–Crippen MR) is 138 cm³/mol. The zero-order valence-electron chi connectivity index (χ0n) is 19.7. The molecule has 4 aromatic rings. The second-order valence-electron chi connectivity index (χ2n) is 8.83. The fraction of sp³-hybridized carbons (Fsp3) is 0.286. The molecule has 0 bridgehead atoms. The monoisotopic (exact) mass is 471 g/mol. The average molecular weight is 472 g/mol. The number of phenolic OH excluding ortho intramolecular Hbond substituents is 2. The molecule has 7 nitrogen and oxygen atoms in total. The van der Waals surface area contributed by atoms with Crippen LogP contribution < -0.4 is 0 Å². The van der Waals surface area contributed by atoms with Crippen LogP contribution in [0.25, 0.3) is 21.8 Å². The van der Waals surface area contributed by atoms with E-state index in [1.165, 1.54) is 40.2 Å². The quantitative estimate of drug-likeness (QED) is 0.198. The maximum absolute atomic E-state index is 9.62. The van der Waals surface area contributed by atoms with E-state index in [1.54, 1.807) is 12.3 Å². The summed E-state index contributed by atoms with van der Waals surface area (Å²) < 4.78 is 2.33. The summed E-state index contributed by atoms with van der Waals surface area (Å²) in [7, 11) is 0. The minimum absolute atomic E-state index is 0.169. The van der Waals surface area contributed by atoms with Gasteiger partial charge in [0.1, 0.15) is 0 Å². The van der Waals surface area contributed by atoms with E-state index in [1.807, 2.05) is 0 Å². The molecule has 1 fully saturated rings. The molecule has 0 saturated heterocycles. The van der Waals surface area contributed by atoms with Crippen molar-refractivity contribution in [1.29, 1.82) is 0 Å². The Balaban J connectivity index is 1.27. The molecule has 5 rings (SSSR count). The topological polar surface area (TPSA) is 88.6 Å². The summed E-state index contributed by atoms with van der Waals surface area (Å²) in [4.78, 5) is 11.6. The Kier molecular flexibility index (Phi) is 6.57. The van der Waals surface area contributed by atoms with E-state index in [0.717, 1.165) is 37.8 Å². The lowest BCUT2D eigenvalue weighted by Crippen LogP contribution is -2.32. The molecule has 1 heterocycles. The normalized spacial score (nSPS) is 18.7. The second kappa shape index (κ2) is 10.1. The van der Waals surface area contributed by atoms with Gasteiger partial charge in [0.15, 0.2) is 23.7 Å². The number of fused-ring (bicyclic) bond motifs is 3. The van der Waals surface area contributed by atoms with Crippen LogP contribution in [0.5, 0.6) is 11.5 Å². The largest absolute Gasteiger partial charge is 0.504 e. The van der Waals surface area contributed by atoms with Crippen LogP contribution in [-0.4, -0.2) is 39.4 Å². The van der Waals surface area contributed by atoms with Gasteiger partial charge in [-0.15, -0.1) is 0 Å². The number of phenols is 2. The number of para-hydroxylation sites is 1. The van der Waals surface area contributed by atoms with E-state index >= 15 is 0 Å². The maximum atomic E-state index is 9.62. The summed E-state index contributed by atoms with van der Waals surface area (Å²) in [5.74, 6) is -0.364. The number of nitrogens with zero attached hydrogens (tertiary/aromatic N) is 3. The predicted octanol–water partition coefficient (Wildman–Crippen LogP) is 5.94. The zero-order chi connectivity index (χ0) is 24.2. The fourth-order valence-electron chi connectivity index (χ4n) is 4.76. The van der Waals surface area contributed by atoms with Gasteiger partial charge < -0.3 is 24.5 Å². The van der Waals surface area contributed by atoms with E-state index in [2.05, 4.69) is 64.3 Å². The third-order valence-electron chi connectivity index (χ3n) is 6.55. The van der Waals surface area contributed by atoms with Crippen molar-refractivity contribution in [2.75, 3.05) is 0 Å². The van der Waals surface area contributed by atoms with Crippen LogP contribution in [-0.2, 0) is 16.2 Å². The Morgan fingerprint density at radius 3 is 2.11 bits per heavy atom. The first-order chi connectivity index (χ1) is 17.1. The van der Waals surface area contributed by atoms with Gasteiger partial charge in [-0.1, -0.05) is 34.6 Å². The van der Waals surface area contributed by atoms with Gasteiger partial charge >= 0.3 is 0 Å². The van der Waals surface area contributed by atoms with E-state index < -0.39 is 0 Å². The molecule has 35 heavy (non-hydrogen) atoms. The molecular weight excluding hydrogens is 442 g/mol. The highest BCUT2D eigenvalue weighted by Crippen LogP contribution is 2.30. The second-order valence-corrected chi connectivity index (χ2v) is 8.83. The Morgan fingerprint density at radius 1 is 0.800 bits per heavy atom. The number of aryl methyl sites for hydroxylation is 1. The molecule has 3 aromatic carbocycles. The minimum atomic E-state index is -0.201. The molecule has 180 valence electrons. The minimum Gasteiger partial charge on any atom is -0.504 e. The average Bonchev–Trinajstić information content (AvgIpc) is 3.20. The number of rotatable bonds is 7. The number of hydrogen-bond donors (Lipinski definition) is 2. The highest BCUT2D eigenvalue weighted by atomic mass is 16.7. The van der Waals surface area contributed by atoms with Crippen LogP contribution in [0.3, 0.4) is 0 Å². The van der Waals surface area contributed by atoms with Crippen LogP contribution in [0.2, 0.25) is 0 Å². The van der Waals surface area contributed by atoms with Crippen LogP contribution in [0.4, 0.5) is 0 Å². The van der Waals surface area contributed by atoms with Gasteiger partial charge in [-0.05, 0) is 80.1 Å². The van der Waals surface area contributed by atoms with Gasteiger partial charge in [-0.2, -0.15) is 0 Å². The lowest BCUT2D eigenvalue weighted by Gasteiger charge is -2.27. The molecule has 0 amide bonds. The standard InChI is InChI=1S/C28H29N3O4/c1-2-31-23-8-4-3-7-21(23)22-15-19(11-13-24(22)31)17-29-34-27-9-5-6-10-28(27)35-30-18-20-12-14-25(32)26(33)16-20/h3-4,7-8,11-18,27-28,32-33H,2,5-6,9-10H2,1H3/b29-17+,30-18+/t27-,28+/m0/s1. The first-order valence-corrected chi connectivity index (χ1v) is 12.1. The summed E-state index contributed by atoms with van der Waals surface area (Å²) in [6.45, 7) is 3.08. The molecule has 7 heteroatoms. The molecule has 0 unspecified atom stereocenters. The van der Waals surface area contributed by atoms with Gasteiger partial charge in [0.25, 0.3) is 0 Å². The Bertz CT molecular complexity index is 1390. The summed E-state index contributed by atoms with van der Waals surface area (Å²) >= 11 is 0. The Labute approximate surface area is 203 Å². The molecule has 1 aliphatic carbocycles. The van der Waals surface area contributed by atoms with E-state index in [-0.39, 0.29) is 23.7 Å². The van der Waals surface area contributed by atoms with Gasteiger partial charge in [-0.25, -0.2) is 0 Å². The number of benzene rings is 3. The van der Waals surface area contributed by atoms with Gasteiger partial charge in [0.05, 0.1) is 12.4 Å². The molecule has 1 aliphatic rings. The van der Waals surface area contributed by atoms with Crippen LogP contribution in [0.15, 0.2) is 71.0 Å². The molecule has 1 saturated carbocycles. The Morgan fingerprint density at radius 2 is 1.43 bits per heavy atom. The fourth-order valence-corrected chi connectivity index (χ4v) is 4.76. The third-order valence-corrected chi connectivity index (χ3v) is 6.55.